The fourth-order valence-corrected chi connectivity index (χ4v) is 4.46. The third kappa shape index (κ3) is 5.54. The van der Waals surface area contributed by atoms with Crippen molar-refractivity contribution in [1.29, 1.82) is 0 Å². The van der Waals surface area contributed by atoms with Crippen LogP contribution in [0.4, 0.5) is 4.39 Å². The number of aryl methyl sites for hydroxylation is 3. The van der Waals surface area contributed by atoms with E-state index in [0.29, 0.717) is 39.9 Å². The minimum absolute atomic E-state index is 0.0410. The van der Waals surface area contributed by atoms with Crippen LogP contribution < -0.4 is 10.3 Å². The van der Waals surface area contributed by atoms with Crippen molar-refractivity contribution in [2.75, 3.05) is 0 Å². The van der Waals surface area contributed by atoms with E-state index in [1.54, 1.807) is 52.1 Å². The Hall–Kier alpha value is -3.43. The van der Waals surface area contributed by atoms with Gasteiger partial charge in [-0.05, 0) is 70.9 Å². The van der Waals surface area contributed by atoms with Gasteiger partial charge in [-0.2, -0.15) is 4.39 Å². The molecule has 4 heterocycles. The van der Waals surface area contributed by atoms with Gasteiger partial charge in [0.25, 0.3) is 5.56 Å². The maximum absolute atomic E-state index is 13.7. The first kappa shape index (κ1) is 27.6. The van der Waals surface area contributed by atoms with E-state index in [2.05, 4.69) is 20.0 Å². The molecule has 2 atom stereocenters. The lowest BCUT2D eigenvalue weighted by Crippen LogP contribution is -2.38. The highest BCUT2D eigenvalue weighted by Crippen LogP contribution is 2.28. The molecule has 1 aliphatic heterocycles. The molecule has 0 bridgehead atoms. The number of pyridine rings is 3. The van der Waals surface area contributed by atoms with Crippen molar-refractivity contribution in [2.24, 2.45) is 15.9 Å². The molecular formula is C28H31ClFN5O3. The van der Waals surface area contributed by atoms with Gasteiger partial charge in [0.05, 0.1) is 28.8 Å². The Morgan fingerprint density at radius 3 is 2.53 bits per heavy atom. The predicted molar refractivity (Wildman–Crippen MR) is 146 cm³/mol. The predicted octanol–water partition coefficient (Wildman–Crippen LogP) is 4.92. The van der Waals surface area contributed by atoms with Gasteiger partial charge in [-0.3, -0.25) is 19.3 Å². The van der Waals surface area contributed by atoms with Crippen LogP contribution in [0.25, 0.3) is 5.69 Å². The maximum atomic E-state index is 13.7. The summed E-state index contributed by atoms with van der Waals surface area (Å²) in [4.78, 5) is 31.1. The molecule has 1 N–H and O–H groups in total. The Balaban J connectivity index is 1.73. The molecule has 3 aromatic heterocycles. The first-order chi connectivity index (χ1) is 17.8. The molecule has 4 rings (SSSR count). The number of rotatable bonds is 6. The molecule has 0 aromatic carbocycles. The van der Waals surface area contributed by atoms with E-state index in [0.717, 1.165) is 5.56 Å². The Morgan fingerprint density at radius 2 is 1.87 bits per heavy atom. The molecule has 0 fully saturated rings. The van der Waals surface area contributed by atoms with Crippen molar-refractivity contribution in [1.82, 2.24) is 14.5 Å². The van der Waals surface area contributed by atoms with Gasteiger partial charge in [-0.25, -0.2) is 9.98 Å². The SMILES string of the molecule is Cc1cc(F)nc(COc2cc(C)n(-c3cc(C4=NC(C(C)(C)O)=NC(C)C4C)ncc3C)c(=O)c2Cl)c1. The number of nitrogens with zero attached hydrogens (tertiary/aromatic N) is 5. The molecule has 2 unspecified atom stereocenters. The van der Waals surface area contributed by atoms with Crippen LogP contribution in [0.1, 0.15) is 55.9 Å². The van der Waals surface area contributed by atoms with Crippen LogP contribution in [0, 0.1) is 32.6 Å². The van der Waals surface area contributed by atoms with Gasteiger partial charge in [0.2, 0.25) is 5.95 Å². The van der Waals surface area contributed by atoms with Crippen molar-refractivity contribution in [2.45, 2.75) is 66.7 Å². The Labute approximate surface area is 225 Å². The molecule has 0 saturated carbocycles. The summed E-state index contributed by atoms with van der Waals surface area (Å²) < 4.78 is 20.9. The van der Waals surface area contributed by atoms with Crippen molar-refractivity contribution < 1.29 is 14.2 Å². The summed E-state index contributed by atoms with van der Waals surface area (Å²) in [5.74, 6) is -0.131. The van der Waals surface area contributed by atoms with E-state index in [9.17, 15) is 14.3 Å². The van der Waals surface area contributed by atoms with Gasteiger partial charge in [0.1, 0.15) is 23.0 Å². The molecule has 0 amide bonds. The molecule has 8 nitrogen and oxygen atoms in total. The topological polar surface area (TPSA) is 102 Å². The minimum Gasteiger partial charge on any atom is -0.485 e. The van der Waals surface area contributed by atoms with Gasteiger partial charge >= 0.3 is 0 Å². The molecular weight excluding hydrogens is 509 g/mol. The van der Waals surface area contributed by atoms with E-state index < -0.39 is 17.1 Å². The maximum Gasteiger partial charge on any atom is 0.277 e. The lowest BCUT2D eigenvalue weighted by atomic mass is 9.92. The molecule has 200 valence electrons. The third-order valence-corrected chi connectivity index (χ3v) is 6.85. The van der Waals surface area contributed by atoms with Crippen LogP contribution in [0.3, 0.4) is 0 Å². The van der Waals surface area contributed by atoms with Crippen molar-refractivity contribution >= 4 is 23.1 Å². The quantitative estimate of drug-likeness (QED) is 0.448. The number of halogens is 2. The summed E-state index contributed by atoms with van der Waals surface area (Å²) in [6, 6.07) is 6.39. The summed E-state index contributed by atoms with van der Waals surface area (Å²) in [5, 5.41) is 10.4. The van der Waals surface area contributed by atoms with Gasteiger partial charge in [0.15, 0.2) is 5.84 Å². The second kappa shape index (κ2) is 10.4. The van der Waals surface area contributed by atoms with Crippen LogP contribution >= 0.6 is 11.6 Å². The van der Waals surface area contributed by atoms with Crippen LogP contribution in [0.5, 0.6) is 5.75 Å². The summed E-state index contributed by atoms with van der Waals surface area (Å²) in [6.07, 6.45) is 1.68. The van der Waals surface area contributed by atoms with Crippen molar-refractivity contribution in [3.63, 3.8) is 0 Å². The fourth-order valence-electron chi connectivity index (χ4n) is 4.26. The van der Waals surface area contributed by atoms with E-state index >= 15 is 0 Å². The van der Waals surface area contributed by atoms with Gasteiger partial charge in [-0.15, -0.1) is 0 Å². The van der Waals surface area contributed by atoms with Crippen molar-refractivity contribution in [3.05, 3.63) is 80.0 Å². The summed E-state index contributed by atoms with van der Waals surface area (Å²) in [7, 11) is 0. The Kier molecular flexibility index (Phi) is 7.54. The standard InChI is InChI=1S/C28H31ClFN5O3/c1-14-8-19(33-23(30)9-14)13-38-22-10-16(3)35(26(36)24(22)29)21-11-20(31-12-15(21)2)25-17(4)18(5)32-27(34-25)28(6,7)37/h8-12,17-18,37H,13H2,1-7H3. The lowest BCUT2D eigenvalue weighted by Gasteiger charge is -2.28. The number of amidine groups is 1. The number of aliphatic imine (C=N–C) groups is 2. The third-order valence-electron chi connectivity index (χ3n) is 6.50. The zero-order chi connectivity index (χ0) is 27.9. The molecule has 0 saturated heterocycles. The first-order valence-corrected chi connectivity index (χ1v) is 12.7. The smallest absolute Gasteiger partial charge is 0.277 e. The van der Waals surface area contributed by atoms with E-state index in [1.165, 1.54) is 10.6 Å². The normalized spacial score (nSPS) is 17.7. The average molecular weight is 540 g/mol. The van der Waals surface area contributed by atoms with E-state index in [1.807, 2.05) is 20.8 Å². The van der Waals surface area contributed by atoms with Crippen LogP contribution in [0.2, 0.25) is 5.02 Å². The highest BCUT2D eigenvalue weighted by atomic mass is 35.5. The van der Waals surface area contributed by atoms with Crippen LogP contribution in [-0.2, 0) is 6.61 Å². The Morgan fingerprint density at radius 1 is 1.16 bits per heavy atom. The molecule has 3 aromatic rings. The molecule has 10 heteroatoms. The first-order valence-electron chi connectivity index (χ1n) is 12.3. The highest BCUT2D eigenvalue weighted by Gasteiger charge is 2.31. The van der Waals surface area contributed by atoms with Crippen LogP contribution in [0.15, 0.2) is 45.2 Å². The van der Waals surface area contributed by atoms with Gasteiger partial charge in [-0.1, -0.05) is 18.5 Å². The van der Waals surface area contributed by atoms with Gasteiger partial charge < -0.3 is 9.84 Å². The monoisotopic (exact) mass is 539 g/mol. The molecule has 0 aliphatic carbocycles. The molecule has 38 heavy (non-hydrogen) atoms. The van der Waals surface area contributed by atoms with E-state index in [-0.39, 0.29) is 29.3 Å². The minimum atomic E-state index is -1.20. The molecule has 0 radical (unpaired) electrons. The Bertz CT molecular complexity index is 1500. The largest absolute Gasteiger partial charge is 0.485 e. The zero-order valence-electron chi connectivity index (χ0n) is 22.5. The number of ether oxygens (including phenoxy) is 1. The summed E-state index contributed by atoms with van der Waals surface area (Å²) >= 11 is 6.47. The molecule has 0 spiro atoms. The average Bonchev–Trinajstić information content (AvgIpc) is 2.82. The summed E-state index contributed by atoms with van der Waals surface area (Å²) in [6.45, 7) is 12.6. The van der Waals surface area contributed by atoms with Gasteiger partial charge in [0, 0.05) is 23.9 Å². The fraction of sp³-hybridized carbons (Fsp3) is 0.393. The van der Waals surface area contributed by atoms with Crippen LogP contribution in [-0.4, -0.2) is 42.8 Å². The second-order valence-electron chi connectivity index (χ2n) is 10.2. The lowest BCUT2D eigenvalue weighted by molar-refractivity contribution is 0.151. The van der Waals surface area contributed by atoms with Crippen molar-refractivity contribution in [3.8, 4) is 11.4 Å². The zero-order valence-corrected chi connectivity index (χ0v) is 23.3. The summed E-state index contributed by atoms with van der Waals surface area (Å²) in [5.41, 5.74) is 2.65. The number of aromatic nitrogens is 3. The second-order valence-corrected chi connectivity index (χ2v) is 10.6. The van der Waals surface area contributed by atoms with E-state index in [4.69, 9.17) is 16.3 Å². The number of hydrogen-bond donors (Lipinski definition) is 1. The number of aliphatic hydroxyl groups is 1. The highest BCUT2D eigenvalue weighted by molar-refractivity contribution is 6.31. The molecule has 1 aliphatic rings. The number of hydrogen-bond acceptors (Lipinski definition) is 7.